The zero-order chi connectivity index (χ0) is 22.4. The minimum Gasteiger partial charge on any atom is -0.374 e. The Balaban J connectivity index is 3.40. The van der Waals surface area contributed by atoms with Gasteiger partial charge in [-0.05, 0) is 19.4 Å². The highest BCUT2D eigenvalue weighted by Gasteiger charge is 2.87. The van der Waals surface area contributed by atoms with Crippen molar-refractivity contribution in [3.05, 3.63) is 35.4 Å². The predicted octanol–water partition coefficient (Wildman–Crippen LogP) is 6.35. The van der Waals surface area contributed by atoms with Crippen LogP contribution in [-0.2, 0) is 10.3 Å². The molecular formula is C16H15F11O. The van der Waals surface area contributed by atoms with Gasteiger partial charge in [-0.15, -0.1) is 0 Å². The molecule has 1 rings (SSSR count). The van der Waals surface area contributed by atoms with Crippen LogP contribution in [0.3, 0.4) is 0 Å². The second kappa shape index (κ2) is 7.03. The van der Waals surface area contributed by atoms with E-state index >= 15 is 0 Å². The lowest BCUT2D eigenvalue weighted by molar-refractivity contribution is -0.424. The van der Waals surface area contributed by atoms with Gasteiger partial charge in [0.05, 0.1) is 12.0 Å². The van der Waals surface area contributed by atoms with E-state index in [0.717, 1.165) is 26.2 Å². The van der Waals surface area contributed by atoms with Crippen molar-refractivity contribution in [1.29, 1.82) is 0 Å². The minimum absolute atomic E-state index is 0.207. The summed E-state index contributed by atoms with van der Waals surface area (Å²) in [7, 11) is 0.760. The smallest absolute Gasteiger partial charge is 0.374 e. The van der Waals surface area contributed by atoms with Gasteiger partial charge < -0.3 is 4.74 Å². The highest BCUT2D eigenvalue weighted by atomic mass is 19.4. The maximum absolute atomic E-state index is 14.1. The Morgan fingerprint density at radius 1 is 0.714 bits per heavy atom. The van der Waals surface area contributed by atoms with Crippen LogP contribution in [0.2, 0.25) is 0 Å². The third-order valence-electron chi connectivity index (χ3n) is 4.28. The molecule has 1 atom stereocenters. The maximum atomic E-state index is 14.1. The van der Waals surface area contributed by atoms with Gasteiger partial charge in [-0.2, -0.15) is 48.3 Å². The van der Waals surface area contributed by atoms with Gasteiger partial charge in [0.1, 0.15) is 0 Å². The normalized spacial score (nSPS) is 16.8. The Kier molecular flexibility index (Phi) is 6.14. The second-order valence-corrected chi connectivity index (χ2v) is 6.40. The highest BCUT2D eigenvalue weighted by Crippen LogP contribution is 2.59. The average Bonchev–Trinajstić information content (AvgIpc) is 2.53. The number of aryl methyl sites for hydroxylation is 1. The van der Waals surface area contributed by atoms with Crippen LogP contribution < -0.4 is 0 Å². The highest BCUT2D eigenvalue weighted by molar-refractivity contribution is 5.27. The summed E-state index contributed by atoms with van der Waals surface area (Å²) in [6.07, 6.45) is -9.48. The lowest BCUT2D eigenvalue weighted by Gasteiger charge is -2.40. The summed E-state index contributed by atoms with van der Waals surface area (Å²) in [5.41, 5.74) is -2.00. The molecule has 162 valence electrons. The van der Waals surface area contributed by atoms with Gasteiger partial charge in [0.15, 0.2) is 0 Å². The van der Waals surface area contributed by atoms with E-state index in [9.17, 15) is 48.3 Å². The molecule has 0 saturated carbocycles. The minimum atomic E-state index is -7.43. The summed E-state index contributed by atoms with van der Waals surface area (Å²) >= 11 is 0. The first-order valence-electron chi connectivity index (χ1n) is 7.47. The fourth-order valence-corrected chi connectivity index (χ4v) is 2.34. The second-order valence-electron chi connectivity index (χ2n) is 6.40. The Morgan fingerprint density at radius 2 is 1.14 bits per heavy atom. The molecule has 28 heavy (non-hydrogen) atoms. The van der Waals surface area contributed by atoms with Gasteiger partial charge in [0.25, 0.3) is 0 Å². The number of ether oxygens (including phenoxy) is 1. The van der Waals surface area contributed by atoms with Crippen molar-refractivity contribution in [2.75, 3.05) is 7.11 Å². The molecule has 0 fully saturated rings. The molecule has 1 unspecified atom stereocenters. The average molecular weight is 432 g/mol. The standard InChI is InChI=1S/C16H15F11O/c1-9-4-6-10(7-5-9)11(2,28-3)8-12(17,18)13(19,20)14(21,22)15(23,24)16(25,26)27/h4-7H,8H2,1-3H3. The number of hydrogen-bond donors (Lipinski definition) is 0. The molecule has 0 heterocycles. The first kappa shape index (κ1) is 24.4. The Labute approximate surface area is 152 Å². The van der Waals surface area contributed by atoms with E-state index in [1.54, 1.807) is 6.92 Å². The topological polar surface area (TPSA) is 9.23 Å². The number of methoxy groups -OCH3 is 1. The van der Waals surface area contributed by atoms with Crippen LogP contribution in [0.1, 0.15) is 24.5 Å². The van der Waals surface area contributed by atoms with Crippen molar-refractivity contribution in [1.82, 2.24) is 0 Å². The van der Waals surface area contributed by atoms with Crippen LogP contribution in [0.25, 0.3) is 0 Å². The summed E-state index contributed by atoms with van der Waals surface area (Å²) in [6, 6.07) is 4.95. The largest absolute Gasteiger partial charge is 0.460 e. The maximum Gasteiger partial charge on any atom is 0.460 e. The summed E-state index contributed by atoms with van der Waals surface area (Å²) in [5, 5.41) is 0. The van der Waals surface area contributed by atoms with Gasteiger partial charge in [-0.3, -0.25) is 0 Å². The lowest BCUT2D eigenvalue weighted by atomic mass is 9.84. The number of rotatable bonds is 7. The SMILES string of the molecule is COC(C)(CC(F)(F)C(F)(F)C(F)(F)C(F)(F)C(F)(F)F)c1ccc(C)cc1. The molecule has 1 aromatic rings. The summed E-state index contributed by atoms with van der Waals surface area (Å²) in [6.45, 7) is 2.36. The third-order valence-corrected chi connectivity index (χ3v) is 4.28. The van der Waals surface area contributed by atoms with E-state index in [4.69, 9.17) is 4.74 Å². The summed E-state index contributed by atoms with van der Waals surface area (Å²) in [4.78, 5) is 0. The molecule has 0 aliphatic carbocycles. The molecule has 0 N–H and O–H groups in total. The zero-order valence-corrected chi connectivity index (χ0v) is 14.6. The first-order chi connectivity index (χ1) is 12.3. The number of alkyl halides is 11. The molecule has 0 aromatic heterocycles. The third kappa shape index (κ3) is 3.79. The van der Waals surface area contributed by atoms with Crippen molar-refractivity contribution < 1.29 is 53.0 Å². The van der Waals surface area contributed by atoms with Crippen molar-refractivity contribution >= 4 is 0 Å². The van der Waals surface area contributed by atoms with Crippen LogP contribution in [0.5, 0.6) is 0 Å². The van der Waals surface area contributed by atoms with E-state index in [-0.39, 0.29) is 5.56 Å². The van der Waals surface area contributed by atoms with Crippen LogP contribution >= 0.6 is 0 Å². The molecule has 0 spiro atoms. The van der Waals surface area contributed by atoms with Crippen molar-refractivity contribution in [3.8, 4) is 0 Å². The monoisotopic (exact) mass is 432 g/mol. The molecule has 0 saturated heterocycles. The van der Waals surface area contributed by atoms with Crippen molar-refractivity contribution in [3.63, 3.8) is 0 Å². The van der Waals surface area contributed by atoms with Crippen molar-refractivity contribution in [2.24, 2.45) is 0 Å². The Hall–Kier alpha value is -1.59. The van der Waals surface area contributed by atoms with Gasteiger partial charge in [0.2, 0.25) is 0 Å². The summed E-state index contributed by atoms with van der Waals surface area (Å²) in [5.74, 6) is -27.9. The fraction of sp³-hybridized carbons (Fsp3) is 0.625. The first-order valence-corrected chi connectivity index (χ1v) is 7.47. The Bertz CT molecular complexity index is 679. The predicted molar refractivity (Wildman–Crippen MR) is 76.0 cm³/mol. The molecule has 1 aromatic carbocycles. The van der Waals surface area contributed by atoms with E-state index in [0.29, 0.717) is 5.56 Å². The number of benzene rings is 1. The Morgan fingerprint density at radius 3 is 1.50 bits per heavy atom. The van der Waals surface area contributed by atoms with Gasteiger partial charge >= 0.3 is 29.9 Å². The van der Waals surface area contributed by atoms with Crippen LogP contribution in [0.4, 0.5) is 48.3 Å². The van der Waals surface area contributed by atoms with Gasteiger partial charge in [-0.1, -0.05) is 29.8 Å². The van der Waals surface area contributed by atoms with E-state index in [1.165, 1.54) is 12.1 Å². The van der Waals surface area contributed by atoms with Crippen LogP contribution in [0.15, 0.2) is 24.3 Å². The molecule has 0 radical (unpaired) electrons. The molecule has 0 bridgehead atoms. The van der Waals surface area contributed by atoms with Gasteiger partial charge in [-0.25, -0.2) is 0 Å². The number of halogens is 11. The molecule has 0 aliphatic rings. The molecule has 12 heteroatoms. The lowest BCUT2D eigenvalue weighted by Crippen LogP contribution is -2.67. The zero-order valence-electron chi connectivity index (χ0n) is 14.6. The fourth-order valence-electron chi connectivity index (χ4n) is 2.34. The van der Waals surface area contributed by atoms with E-state index in [1.807, 2.05) is 0 Å². The summed E-state index contributed by atoms with van der Waals surface area (Å²) < 4.78 is 149. The van der Waals surface area contributed by atoms with Gasteiger partial charge in [0, 0.05) is 7.11 Å². The van der Waals surface area contributed by atoms with E-state index in [2.05, 4.69) is 0 Å². The number of hydrogen-bond acceptors (Lipinski definition) is 1. The quantitative estimate of drug-likeness (QED) is 0.457. The van der Waals surface area contributed by atoms with Crippen LogP contribution in [0, 0.1) is 6.92 Å². The molecule has 0 aliphatic heterocycles. The molecule has 0 amide bonds. The molecule has 1 nitrogen and oxygen atoms in total. The van der Waals surface area contributed by atoms with Crippen molar-refractivity contribution in [2.45, 2.75) is 55.7 Å². The van der Waals surface area contributed by atoms with Crippen LogP contribution in [-0.4, -0.2) is 37.0 Å². The molecular weight excluding hydrogens is 417 g/mol. The van der Waals surface area contributed by atoms with E-state index < -0.39 is 41.9 Å².